The summed E-state index contributed by atoms with van der Waals surface area (Å²) in [5, 5.41) is 0. The summed E-state index contributed by atoms with van der Waals surface area (Å²) in [5.41, 5.74) is 1.14. The van der Waals surface area contributed by atoms with Crippen LogP contribution in [-0.4, -0.2) is 8.07 Å². The van der Waals surface area contributed by atoms with Crippen LogP contribution in [0.1, 0.15) is 64.2 Å². The molecule has 3 saturated carbocycles. The summed E-state index contributed by atoms with van der Waals surface area (Å²) in [6.07, 6.45) is 15.8. The Labute approximate surface area is 121 Å². The number of hydrogen-bond acceptors (Lipinski definition) is 0. The first-order valence-corrected chi connectivity index (χ1v) is 12.6. The van der Waals surface area contributed by atoms with Crippen molar-refractivity contribution in [3.05, 3.63) is 0 Å². The van der Waals surface area contributed by atoms with Gasteiger partial charge in [-0.1, -0.05) is 51.7 Å². The Kier molecular flexibility index (Phi) is 4.13. The first-order valence-electron chi connectivity index (χ1n) is 9.04. The van der Waals surface area contributed by atoms with E-state index in [0.29, 0.717) is 0 Å². The Morgan fingerprint density at radius 2 is 1.63 bits per heavy atom. The van der Waals surface area contributed by atoms with Crippen molar-refractivity contribution in [3.63, 3.8) is 0 Å². The standard InChI is InChI=1S/C18H34Si/c1-19(2,3)17-11-8-14(13-17)12-16-10-9-15-6-4-5-7-18(15)16/h14-18H,4-13H2,1-3H3. The van der Waals surface area contributed by atoms with Gasteiger partial charge in [-0.2, -0.15) is 0 Å². The number of hydrogen-bond donors (Lipinski definition) is 0. The van der Waals surface area contributed by atoms with E-state index in [-0.39, 0.29) is 0 Å². The van der Waals surface area contributed by atoms with Gasteiger partial charge < -0.3 is 0 Å². The molecule has 0 aromatic heterocycles. The largest absolute Gasteiger partial charge is 0.0693 e. The predicted octanol–water partition coefficient (Wildman–Crippen LogP) is 6.10. The minimum Gasteiger partial charge on any atom is -0.0693 e. The molecule has 3 aliphatic rings. The van der Waals surface area contributed by atoms with E-state index in [1.165, 1.54) is 6.42 Å². The predicted molar refractivity (Wildman–Crippen MR) is 87.2 cm³/mol. The number of fused-ring (bicyclic) bond motifs is 1. The van der Waals surface area contributed by atoms with Gasteiger partial charge in [0.2, 0.25) is 0 Å². The van der Waals surface area contributed by atoms with E-state index >= 15 is 0 Å². The highest BCUT2D eigenvalue weighted by Gasteiger charge is 2.40. The highest BCUT2D eigenvalue weighted by Crippen LogP contribution is 2.51. The van der Waals surface area contributed by atoms with Crippen LogP contribution >= 0.6 is 0 Å². The van der Waals surface area contributed by atoms with Crippen molar-refractivity contribution in [2.75, 3.05) is 0 Å². The van der Waals surface area contributed by atoms with Crippen LogP contribution in [0.4, 0.5) is 0 Å². The Hall–Kier alpha value is 0.217. The van der Waals surface area contributed by atoms with E-state index in [1.807, 2.05) is 0 Å². The Balaban J connectivity index is 1.52. The van der Waals surface area contributed by atoms with E-state index in [2.05, 4.69) is 19.6 Å². The molecule has 0 aliphatic heterocycles. The van der Waals surface area contributed by atoms with Crippen molar-refractivity contribution in [2.45, 2.75) is 89.4 Å². The molecule has 5 atom stereocenters. The van der Waals surface area contributed by atoms with Crippen LogP contribution in [0, 0.1) is 23.7 Å². The molecular weight excluding hydrogens is 244 g/mol. The summed E-state index contributed by atoms with van der Waals surface area (Å²) < 4.78 is 0. The van der Waals surface area contributed by atoms with Gasteiger partial charge in [0, 0.05) is 8.07 Å². The van der Waals surface area contributed by atoms with Gasteiger partial charge in [0.05, 0.1) is 0 Å². The normalized spacial score (nSPS) is 43.4. The van der Waals surface area contributed by atoms with Crippen LogP contribution in [0.5, 0.6) is 0 Å². The highest BCUT2D eigenvalue weighted by molar-refractivity contribution is 6.77. The van der Waals surface area contributed by atoms with Crippen LogP contribution in [0.2, 0.25) is 25.2 Å². The van der Waals surface area contributed by atoms with Crippen LogP contribution < -0.4 is 0 Å². The van der Waals surface area contributed by atoms with Crippen LogP contribution in [0.3, 0.4) is 0 Å². The Morgan fingerprint density at radius 1 is 0.842 bits per heavy atom. The van der Waals surface area contributed by atoms with Gasteiger partial charge >= 0.3 is 0 Å². The molecule has 0 heterocycles. The van der Waals surface area contributed by atoms with Gasteiger partial charge in [-0.05, 0) is 61.3 Å². The zero-order valence-electron chi connectivity index (χ0n) is 13.5. The van der Waals surface area contributed by atoms with E-state index < -0.39 is 8.07 Å². The summed E-state index contributed by atoms with van der Waals surface area (Å²) in [6, 6.07) is 0. The summed E-state index contributed by atoms with van der Waals surface area (Å²) >= 11 is 0. The van der Waals surface area contributed by atoms with Crippen LogP contribution in [0.25, 0.3) is 0 Å². The molecule has 0 aromatic carbocycles. The maximum absolute atomic E-state index is 2.59. The molecule has 0 spiro atoms. The maximum Gasteiger partial charge on any atom is 0.0473 e. The van der Waals surface area contributed by atoms with Crippen LogP contribution in [0.15, 0.2) is 0 Å². The van der Waals surface area contributed by atoms with Crippen molar-refractivity contribution < 1.29 is 0 Å². The Bertz CT molecular complexity index is 303. The van der Waals surface area contributed by atoms with E-state index in [0.717, 1.165) is 29.2 Å². The molecule has 3 fully saturated rings. The highest BCUT2D eigenvalue weighted by atomic mass is 28.3. The lowest BCUT2D eigenvalue weighted by molar-refractivity contribution is 0.204. The summed E-state index contributed by atoms with van der Waals surface area (Å²) in [4.78, 5) is 0. The smallest absolute Gasteiger partial charge is 0.0473 e. The molecule has 0 radical (unpaired) electrons. The van der Waals surface area contributed by atoms with Crippen molar-refractivity contribution in [1.82, 2.24) is 0 Å². The SMILES string of the molecule is C[Si](C)(C)C1CCC(CC2CCC3CCCCC32)C1. The van der Waals surface area contributed by atoms with Gasteiger partial charge in [-0.25, -0.2) is 0 Å². The quantitative estimate of drug-likeness (QED) is 0.547. The van der Waals surface area contributed by atoms with E-state index in [9.17, 15) is 0 Å². The van der Waals surface area contributed by atoms with Gasteiger partial charge in [-0.3, -0.25) is 0 Å². The number of rotatable bonds is 3. The van der Waals surface area contributed by atoms with Gasteiger partial charge in [0.25, 0.3) is 0 Å². The monoisotopic (exact) mass is 278 g/mol. The lowest BCUT2D eigenvalue weighted by atomic mass is 9.75. The summed E-state index contributed by atoms with van der Waals surface area (Å²) in [6.45, 7) is 7.77. The van der Waals surface area contributed by atoms with E-state index in [4.69, 9.17) is 0 Å². The second-order valence-electron chi connectivity index (χ2n) is 9.02. The van der Waals surface area contributed by atoms with Gasteiger partial charge in [-0.15, -0.1) is 0 Å². The molecule has 0 aromatic rings. The molecule has 3 rings (SSSR count). The Morgan fingerprint density at radius 3 is 2.37 bits per heavy atom. The first-order chi connectivity index (χ1) is 9.04. The topological polar surface area (TPSA) is 0 Å². The molecule has 0 N–H and O–H groups in total. The summed E-state index contributed by atoms with van der Waals surface area (Å²) in [5.74, 6) is 4.55. The average Bonchev–Trinajstić information content (AvgIpc) is 2.97. The zero-order valence-corrected chi connectivity index (χ0v) is 14.5. The lowest BCUT2D eigenvalue weighted by Crippen LogP contribution is -2.26. The van der Waals surface area contributed by atoms with Crippen molar-refractivity contribution in [1.29, 1.82) is 0 Å². The third-order valence-electron chi connectivity index (χ3n) is 6.88. The minimum atomic E-state index is -0.856. The van der Waals surface area contributed by atoms with Crippen molar-refractivity contribution >= 4 is 8.07 Å². The molecule has 110 valence electrons. The molecule has 0 saturated heterocycles. The first kappa shape index (κ1) is 14.2. The minimum absolute atomic E-state index is 0.856. The van der Waals surface area contributed by atoms with Crippen LogP contribution in [-0.2, 0) is 0 Å². The second kappa shape index (κ2) is 5.54. The second-order valence-corrected chi connectivity index (χ2v) is 14.6. The van der Waals surface area contributed by atoms with Gasteiger partial charge in [0.1, 0.15) is 0 Å². The molecule has 0 nitrogen and oxygen atoms in total. The fourth-order valence-corrected chi connectivity index (χ4v) is 7.73. The lowest BCUT2D eigenvalue weighted by Gasteiger charge is -2.31. The van der Waals surface area contributed by atoms with E-state index in [1.54, 1.807) is 57.8 Å². The summed E-state index contributed by atoms with van der Waals surface area (Å²) in [7, 11) is -0.856. The zero-order chi connectivity index (χ0) is 13.5. The van der Waals surface area contributed by atoms with Crippen molar-refractivity contribution in [2.24, 2.45) is 23.7 Å². The van der Waals surface area contributed by atoms with Gasteiger partial charge in [0.15, 0.2) is 0 Å². The average molecular weight is 279 g/mol. The fourth-order valence-electron chi connectivity index (χ4n) is 5.65. The molecular formula is C18H34Si. The molecule has 3 aliphatic carbocycles. The maximum atomic E-state index is 2.59. The molecule has 19 heavy (non-hydrogen) atoms. The fraction of sp³-hybridized carbons (Fsp3) is 1.00. The molecule has 5 unspecified atom stereocenters. The third kappa shape index (κ3) is 3.12. The molecule has 1 heteroatoms. The van der Waals surface area contributed by atoms with Crippen molar-refractivity contribution in [3.8, 4) is 0 Å². The molecule has 0 amide bonds. The third-order valence-corrected chi connectivity index (χ3v) is 9.86. The molecule has 0 bridgehead atoms.